The fourth-order valence-electron chi connectivity index (χ4n) is 3.66. The van der Waals surface area contributed by atoms with E-state index in [1.54, 1.807) is 0 Å². The third-order valence-corrected chi connectivity index (χ3v) is 4.49. The van der Waals surface area contributed by atoms with Gasteiger partial charge in [0.05, 0.1) is 17.5 Å². The number of hydrogen-bond donors (Lipinski definition) is 1. The molecule has 0 aromatic carbocycles. The molecule has 1 aromatic heterocycles. The Morgan fingerprint density at radius 1 is 1.26 bits per heavy atom. The molecule has 1 fully saturated rings. The Balaban J connectivity index is 2.18. The standard InChI is InChI=1S/C16H28N2O/c1-5-14-10-15(18(6-2)17-14)16(19)13-8-11(3)7-12(4)9-13/h10-13,16,19H,5-9H2,1-4H3. The maximum absolute atomic E-state index is 10.7. The maximum Gasteiger partial charge on any atom is 0.0984 e. The van der Waals surface area contributed by atoms with Gasteiger partial charge < -0.3 is 5.11 Å². The van der Waals surface area contributed by atoms with Crippen molar-refractivity contribution in [1.82, 2.24) is 9.78 Å². The molecule has 1 aliphatic carbocycles. The average molecular weight is 264 g/mol. The number of aryl methyl sites for hydroxylation is 2. The highest BCUT2D eigenvalue weighted by molar-refractivity contribution is 5.14. The summed E-state index contributed by atoms with van der Waals surface area (Å²) in [5.74, 6) is 1.85. The van der Waals surface area contributed by atoms with Gasteiger partial charge in [0.15, 0.2) is 0 Å². The van der Waals surface area contributed by atoms with Crippen LogP contribution in [0.5, 0.6) is 0 Å². The summed E-state index contributed by atoms with van der Waals surface area (Å²) in [6, 6.07) is 2.10. The van der Waals surface area contributed by atoms with Gasteiger partial charge in [-0.2, -0.15) is 5.10 Å². The first-order valence-corrected chi connectivity index (χ1v) is 7.79. The number of aliphatic hydroxyl groups excluding tert-OH is 1. The Bertz CT molecular complexity index is 403. The van der Waals surface area contributed by atoms with Crippen LogP contribution in [0.3, 0.4) is 0 Å². The monoisotopic (exact) mass is 264 g/mol. The van der Waals surface area contributed by atoms with Crippen LogP contribution in [0.2, 0.25) is 0 Å². The Kier molecular flexibility index (Phi) is 4.67. The van der Waals surface area contributed by atoms with Crippen LogP contribution in [0, 0.1) is 17.8 Å². The van der Waals surface area contributed by atoms with Gasteiger partial charge in [-0.15, -0.1) is 0 Å². The first-order valence-electron chi connectivity index (χ1n) is 7.79. The molecule has 1 N–H and O–H groups in total. The molecule has 3 nitrogen and oxygen atoms in total. The fraction of sp³-hybridized carbons (Fsp3) is 0.812. The third-order valence-electron chi connectivity index (χ3n) is 4.49. The quantitative estimate of drug-likeness (QED) is 0.902. The molecule has 3 heteroatoms. The zero-order valence-electron chi connectivity index (χ0n) is 12.8. The van der Waals surface area contributed by atoms with E-state index in [0.29, 0.717) is 5.92 Å². The number of rotatable bonds is 4. The van der Waals surface area contributed by atoms with E-state index in [1.807, 2.05) is 4.68 Å². The molecular weight excluding hydrogens is 236 g/mol. The third kappa shape index (κ3) is 3.19. The van der Waals surface area contributed by atoms with E-state index in [0.717, 1.165) is 49.0 Å². The van der Waals surface area contributed by atoms with Gasteiger partial charge in [-0.1, -0.05) is 20.8 Å². The van der Waals surface area contributed by atoms with Gasteiger partial charge in [-0.25, -0.2) is 0 Å². The summed E-state index contributed by atoms with van der Waals surface area (Å²) in [5, 5.41) is 15.3. The van der Waals surface area contributed by atoms with Crippen LogP contribution in [0.25, 0.3) is 0 Å². The molecule has 1 aliphatic rings. The topological polar surface area (TPSA) is 38.0 Å². The number of hydrogen-bond acceptors (Lipinski definition) is 2. The summed E-state index contributed by atoms with van der Waals surface area (Å²) in [4.78, 5) is 0. The zero-order chi connectivity index (χ0) is 14.0. The molecule has 0 spiro atoms. The summed E-state index contributed by atoms with van der Waals surface area (Å²) in [5.41, 5.74) is 2.11. The molecule has 2 rings (SSSR count). The minimum absolute atomic E-state index is 0.349. The van der Waals surface area contributed by atoms with E-state index < -0.39 is 0 Å². The smallest absolute Gasteiger partial charge is 0.0984 e. The second-order valence-electron chi connectivity index (χ2n) is 6.35. The van der Waals surface area contributed by atoms with Gasteiger partial charge in [-0.05, 0) is 56.4 Å². The summed E-state index contributed by atoms with van der Waals surface area (Å²) in [6.45, 7) is 9.66. The zero-order valence-corrected chi connectivity index (χ0v) is 12.8. The second kappa shape index (κ2) is 6.08. The van der Waals surface area contributed by atoms with Crippen molar-refractivity contribution in [3.63, 3.8) is 0 Å². The minimum Gasteiger partial charge on any atom is -0.387 e. The minimum atomic E-state index is -0.349. The van der Waals surface area contributed by atoms with Gasteiger partial charge in [0.25, 0.3) is 0 Å². The van der Waals surface area contributed by atoms with Gasteiger partial charge in [-0.3, -0.25) is 4.68 Å². The highest BCUT2D eigenvalue weighted by Gasteiger charge is 2.31. The van der Waals surface area contributed by atoms with Crippen LogP contribution in [0.4, 0.5) is 0 Å². The van der Waals surface area contributed by atoms with Crippen LogP contribution >= 0.6 is 0 Å². The van der Waals surface area contributed by atoms with Gasteiger partial charge in [0.2, 0.25) is 0 Å². The van der Waals surface area contributed by atoms with Crippen molar-refractivity contribution in [2.45, 2.75) is 66.0 Å². The predicted octanol–water partition coefficient (Wildman–Crippen LogP) is 3.57. The van der Waals surface area contributed by atoms with E-state index in [1.165, 1.54) is 6.42 Å². The highest BCUT2D eigenvalue weighted by atomic mass is 16.3. The van der Waals surface area contributed by atoms with Crippen LogP contribution in [0.1, 0.15) is 64.4 Å². The first kappa shape index (κ1) is 14.6. The molecular formula is C16H28N2O. The summed E-state index contributed by atoms with van der Waals surface area (Å²) in [6.07, 6.45) is 4.17. The van der Waals surface area contributed by atoms with Crippen molar-refractivity contribution in [3.05, 3.63) is 17.5 Å². The van der Waals surface area contributed by atoms with E-state index in [9.17, 15) is 5.11 Å². The van der Waals surface area contributed by atoms with Crippen molar-refractivity contribution < 1.29 is 5.11 Å². The summed E-state index contributed by atoms with van der Waals surface area (Å²) in [7, 11) is 0. The van der Waals surface area contributed by atoms with Gasteiger partial charge in [0.1, 0.15) is 0 Å². The fourth-order valence-corrected chi connectivity index (χ4v) is 3.66. The second-order valence-corrected chi connectivity index (χ2v) is 6.35. The molecule has 0 radical (unpaired) electrons. The van der Waals surface area contributed by atoms with E-state index in [4.69, 9.17) is 0 Å². The van der Waals surface area contributed by atoms with Gasteiger partial charge >= 0.3 is 0 Å². The lowest BCUT2D eigenvalue weighted by Gasteiger charge is -2.34. The molecule has 3 unspecified atom stereocenters. The normalized spacial score (nSPS) is 29.4. The van der Waals surface area contributed by atoms with Crippen LogP contribution in [-0.4, -0.2) is 14.9 Å². The Morgan fingerprint density at radius 3 is 2.42 bits per heavy atom. The van der Waals surface area contributed by atoms with Crippen molar-refractivity contribution in [2.75, 3.05) is 0 Å². The molecule has 108 valence electrons. The SMILES string of the molecule is CCc1cc(C(O)C2CC(C)CC(C)C2)n(CC)n1. The largest absolute Gasteiger partial charge is 0.387 e. The lowest BCUT2D eigenvalue weighted by Crippen LogP contribution is -2.26. The highest BCUT2D eigenvalue weighted by Crippen LogP contribution is 2.39. The van der Waals surface area contributed by atoms with E-state index >= 15 is 0 Å². The van der Waals surface area contributed by atoms with Crippen LogP contribution < -0.4 is 0 Å². The summed E-state index contributed by atoms with van der Waals surface area (Å²) >= 11 is 0. The lowest BCUT2D eigenvalue weighted by molar-refractivity contribution is 0.0489. The molecule has 1 aromatic rings. The molecule has 1 heterocycles. The summed E-state index contributed by atoms with van der Waals surface area (Å²) < 4.78 is 1.98. The van der Waals surface area contributed by atoms with E-state index in [-0.39, 0.29) is 6.10 Å². The van der Waals surface area contributed by atoms with Crippen molar-refractivity contribution in [2.24, 2.45) is 17.8 Å². The van der Waals surface area contributed by atoms with Crippen molar-refractivity contribution in [3.8, 4) is 0 Å². The average Bonchev–Trinajstić information content (AvgIpc) is 2.80. The molecule has 19 heavy (non-hydrogen) atoms. The van der Waals surface area contributed by atoms with Crippen LogP contribution in [-0.2, 0) is 13.0 Å². The lowest BCUT2D eigenvalue weighted by atomic mass is 9.74. The first-order chi connectivity index (χ1) is 9.05. The number of nitrogens with zero attached hydrogens (tertiary/aromatic N) is 2. The molecule has 0 amide bonds. The maximum atomic E-state index is 10.7. The molecule has 3 atom stereocenters. The van der Waals surface area contributed by atoms with Crippen molar-refractivity contribution >= 4 is 0 Å². The Hall–Kier alpha value is -0.830. The Morgan fingerprint density at radius 2 is 1.89 bits per heavy atom. The van der Waals surface area contributed by atoms with Crippen LogP contribution in [0.15, 0.2) is 6.07 Å². The molecule has 0 saturated heterocycles. The van der Waals surface area contributed by atoms with E-state index in [2.05, 4.69) is 38.9 Å². The Labute approximate surface area is 117 Å². The van der Waals surface area contributed by atoms with Gasteiger partial charge in [0, 0.05) is 6.54 Å². The van der Waals surface area contributed by atoms with Crippen molar-refractivity contribution in [1.29, 1.82) is 0 Å². The number of aliphatic hydroxyl groups is 1. The molecule has 0 bridgehead atoms. The molecule has 0 aliphatic heterocycles. The number of aromatic nitrogens is 2. The molecule has 1 saturated carbocycles. The predicted molar refractivity (Wildman–Crippen MR) is 77.9 cm³/mol.